The molecule has 0 unspecified atom stereocenters. The Kier molecular flexibility index (Phi) is 6.47. The second-order valence-electron chi connectivity index (χ2n) is 7.96. The highest BCUT2D eigenvalue weighted by atomic mass is 35.5. The van der Waals surface area contributed by atoms with Crippen molar-refractivity contribution >= 4 is 51.7 Å². The van der Waals surface area contributed by atoms with Crippen LogP contribution in [0, 0.1) is 0 Å². The highest BCUT2D eigenvalue weighted by Crippen LogP contribution is 2.38. The number of hydrazone groups is 1. The Morgan fingerprint density at radius 1 is 1.00 bits per heavy atom. The number of halogens is 1. The van der Waals surface area contributed by atoms with Gasteiger partial charge in [-0.05, 0) is 23.3 Å². The molecule has 0 bridgehead atoms. The van der Waals surface area contributed by atoms with Gasteiger partial charge in [-0.25, -0.2) is 5.01 Å². The monoisotopic (exact) mass is 488 g/mol. The smallest absolute Gasteiger partial charge is 0.262 e. The summed E-state index contributed by atoms with van der Waals surface area (Å²) in [4.78, 5) is 29.6. The number of aliphatic imine (C=N–C) groups is 1. The standard InChI is InChI=1S/C26H21ClN4O2S/c27-19-13-7-8-14-20(19)28-24(32)16-23-25(33)29-26(34-23)31-22(18-11-5-2-6-12-18)15-21(30-31)17-9-3-1-4-10-17/h1-14,22-23H,15-16H2,(H,28,32)/t22-,23+/m0/s1. The molecule has 2 amide bonds. The summed E-state index contributed by atoms with van der Waals surface area (Å²) in [6.45, 7) is 0. The molecule has 1 N–H and O–H groups in total. The van der Waals surface area contributed by atoms with Crippen molar-refractivity contribution in [2.75, 3.05) is 5.32 Å². The first kappa shape index (κ1) is 22.4. The summed E-state index contributed by atoms with van der Waals surface area (Å²) in [5.41, 5.74) is 3.58. The van der Waals surface area contributed by atoms with Gasteiger partial charge in [0.1, 0.15) is 5.25 Å². The van der Waals surface area contributed by atoms with E-state index in [1.54, 1.807) is 24.3 Å². The molecule has 2 atom stereocenters. The first-order valence-electron chi connectivity index (χ1n) is 10.9. The van der Waals surface area contributed by atoms with Gasteiger partial charge in [-0.2, -0.15) is 10.1 Å². The van der Waals surface area contributed by atoms with Gasteiger partial charge in [0.25, 0.3) is 5.91 Å². The lowest BCUT2D eigenvalue weighted by Gasteiger charge is -2.23. The molecule has 0 saturated carbocycles. The van der Waals surface area contributed by atoms with Crippen LogP contribution in [0.4, 0.5) is 5.69 Å². The van der Waals surface area contributed by atoms with Crippen molar-refractivity contribution in [3.63, 3.8) is 0 Å². The van der Waals surface area contributed by atoms with Crippen LogP contribution in [0.25, 0.3) is 0 Å². The fraction of sp³-hybridized carbons (Fsp3) is 0.154. The van der Waals surface area contributed by atoms with Crippen LogP contribution >= 0.6 is 23.4 Å². The van der Waals surface area contributed by atoms with Crippen molar-refractivity contribution in [3.8, 4) is 0 Å². The summed E-state index contributed by atoms with van der Waals surface area (Å²) in [6, 6.07) is 27.0. The zero-order chi connectivity index (χ0) is 23.5. The minimum absolute atomic E-state index is 0.000817. The largest absolute Gasteiger partial charge is 0.325 e. The van der Waals surface area contributed by atoms with E-state index in [2.05, 4.69) is 22.4 Å². The van der Waals surface area contributed by atoms with Crippen molar-refractivity contribution in [3.05, 3.63) is 101 Å². The Balaban J connectivity index is 1.34. The van der Waals surface area contributed by atoms with E-state index in [-0.39, 0.29) is 24.3 Å². The number of thioether (sulfide) groups is 1. The van der Waals surface area contributed by atoms with Crippen molar-refractivity contribution in [1.29, 1.82) is 0 Å². The normalized spacial score (nSPS) is 19.7. The van der Waals surface area contributed by atoms with Crippen LogP contribution < -0.4 is 5.32 Å². The molecule has 8 heteroatoms. The number of rotatable bonds is 5. The molecule has 0 aliphatic carbocycles. The lowest BCUT2D eigenvalue weighted by molar-refractivity contribution is -0.121. The zero-order valence-corrected chi connectivity index (χ0v) is 19.7. The maximum absolute atomic E-state index is 12.7. The van der Waals surface area contributed by atoms with E-state index in [0.29, 0.717) is 22.3 Å². The molecule has 2 aliphatic rings. The second-order valence-corrected chi connectivity index (χ2v) is 9.54. The van der Waals surface area contributed by atoms with Gasteiger partial charge < -0.3 is 5.32 Å². The Bertz CT molecular complexity index is 1280. The van der Waals surface area contributed by atoms with Gasteiger partial charge in [0.2, 0.25) is 5.91 Å². The number of benzene rings is 3. The molecule has 0 saturated heterocycles. The molecule has 2 heterocycles. The third-order valence-corrected chi connectivity index (χ3v) is 7.12. The maximum Gasteiger partial charge on any atom is 0.262 e. The number of carbonyl (C=O) groups is 2. The number of hydrogen-bond acceptors (Lipinski definition) is 5. The molecule has 5 rings (SSSR count). The number of para-hydroxylation sites is 1. The van der Waals surface area contributed by atoms with Crippen molar-refractivity contribution < 1.29 is 9.59 Å². The molecule has 0 spiro atoms. The minimum Gasteiger partial charge on any atom is -0.325 e. The Hall–Kier alpha value is -3.42. The average Bonchev–Trinajstić information content (AvgIpc) is 3.46. The van der Waals surface area contributed by atoms with Gasteiger partial charge in [-0.3, -0.25) is 9.59 Å². The first-order chi connectivity index (χ1) is 16.6. The molecule has 3 aromatic rings. The van der Waals surface area contributed by atoms with Crippen LogP contribution in [0.2, 0.25) is 5.02 Å². The maximum atomic E-state index is 12.7. The van der Waals surface area contributed by atoms with Gasteiger partial charge in [-0.1, -0.05) is 96.2 Å². The summed E-state index contributed by atoms with van der Waals surface area (Å²) < 4.78 is 0. The van der Waals surface area contributed by atoms with Crippen LogP contribution in [0.3, 0.4) is 0 Å². The lowest BCUT2D eigenvalue weighted by atomic mass is 9.99. The highest BCUT2D eigenvalue weighted by Gasteiger charge is 2.39. The molecule has 3 aromatic carbocycles. The van der Waals surface area contributed by atoms with Crippen LogP contribution in [0.15, 0.2) is 95.0 Å². The summed E-state index contributed by atoms with van der Waals surface area (Å²) in [6.07, 6.45) is 0.695. The average molecular weight is 489 g/mol. The summed E-state index contributed by atoms with van der Waals surface area (Å²) in [5, 5.41) is 9.81. The van der Waals surface area contributed by atoms with Crippen molar-refractivity contribution in [1.82, 2.24) is 5.01 Å². The highest BCUT2D eigenvalue weighted by molar-refractivity contribution is 8.15. The number of nitrogens with one attached hydrogen (secondary N) is 1. The molecule has 2 aliphatic heterocycles. The van der Waals surface area contributed by atoms with Gasteiger partial charge in [-0.15, -0.1) is 0 Å². The number of nitrogens with zero attached hydrogens (tertiary/aromatic N) is 3. The van der Waals surface area contributed by atoms with Crippen molar-refractivity contribution in [2.24, 2.45) is 10.1 Å². The van der Waals surface area contributed by atoms with E-state index in [9.17, 15) is 9.59 Å². The van der Waals surface area contributed by atoms with E-state index in [1.165, 1.54) is 11.8 Å². The second kappa shape index (κ2) is 9.83. The number of amides is 2. The zero-order valence-electron chi connectivity index (χ0n) is 18.1. The molecule has 0 radical (unpaired) electrons. The number of carbonyl (C=O) groups excluding carboxylic acids is 2. The molecule has 0 fully saturated rings. The predicted octanol–water partition coefficient (Wildman–Crippen LogP) is 5.52. The van der Waals surface area contributed by atoms with Crippen LogP contribution in [0.1, 0.15) is 30.0 Å². The van der Waals surface area contributed by atoms with Gasteiger partial charge in [0, 0.05) is 12.8 Å². The molecular weight excluding hydrogens is 468 g/mol. The van der Waals surface area contributed by atoms with E-state index >= 15 is 0 Å². The summed E-state index contributed by atoms with van der Waals surface area (Å²) >= 11 is 7.41. The fourth-order valence-corrected chi connectivity index (χ4v) is 5.21. The molecule has 170 valence electrons. The van der Waals surface area contributed by atoms with E-state index in [4.69, 9.17) is 16.7 Å². The number of amidine groups is 1. The van der Waals surface area contributed by atoms with Crippen LogP contribution in [-0.4, -0.2) is 33.0 Å². The third kappa shape index (κ3) is 4.76. The Labute approximate surface area is 206 Å². The Morgan fingerprint density at radius 3 is 2.41 bits per heavy atom. The van der Waals surface area contributed by atoms with E-state index < -0.39 is 5.25 Å². The van der Waals surface area contributed by atoms with Crippen LogP contribution in [-0.2, 0) is 9.59 Å². The number of anilines is 1. The van der Waals surface area contributed by atoms with Crippen molar-refractivity contribution in [2.45, 2.75) is 24.1 Å². The van der Waals surface area contributed by atoms with E-state index in [0.717, 1.165) is 16.8 Å². The lowest BCUT2D eigenvalue weighted by Crippen LogP contribution is -2.25. The predicted molar refractivity (Wildman–Crippen MR) is 137 cm³/mol. The molecule has 34 heavy (non-hydrogen) atoms. The molecule has 6 nitrogen and oxygen atoms in total. The van der Waals surface area contributed by atoms with Crippen LogP contribution in [0.5, 0.6) is 0 Å². The van der Waals surface area contributed by atoms with Gasteiger partial charge in [0.15, 0.2) is 5.17 Å². The summed E-state index contributed by atoms with van der Waals surface area (Å²) in [7, 11) is 0. The molecular formula is C26H21ClN4O2S. The first-order valence-corrected chi connectivity index (χ1v) is 12.1. The van der Waals surface area contributed by atoms with Gasteiger partial charge >= 0.3 is 0 Å². The third-order valence-electron chi connectivity index (χ3n) is 5.65. The Morgan fingerprint density at radius 2 is 1.68 bits per heavy atom. The van der Waals surface area contributed by atoms with E-state index in [1.807, 2.05) is 53.5 Å². The number of hydrogen-bond donors (Lipinski definition) is 1. The minimum atomic E-state index is -0.607. The topological polar surface area (TPSA) is 74.1 Å². The molecule has 0 aromatic heterocycles. The SMILES string of the molecule is O=C(C[C@H]1SC(N2N=C(c3ccccc3)C[C@H]2c2ccccc2)=NC1=O)Nc1ccccc1Cl. The quantitative estimate of drug-likeness (QED) is 0.513. The van der Waals surface area contributed by atoms with Gasteiger partial charge in [0.05, 0.1) is 22.5 Å². The summed E-state index contributed by atoms with van der Waals surface area (Å²) in [5.74, 6) is -0.616. The fourth-order valence-electron chi connectivity index (χ4n) is 3.96.